The van der Waals surface area contributed by atoms with E-state index in [0.717, 1.165) is 43.7 Å². The van der Waals surface area contributed by atoms with Crippen molar-refractivity contribution in [2.75, 3.05) is 26.2 Å². The summed E-state index contributed by atoms with van der Waals surface area (Å²) in [5.41, 5.74) is 1.88. The fourth-order valence-electron chi connectivity index (χ4n) is 3.09. The van der Waals surface area contributed by atoms with Crippen LogP contribution in [-0.4, -0.2) is 53.2 Å². The Hall–Kier alpha value is -1.59. The summed E-state index contributed by atoms with van der Waals surface area (Å²) < 4.78 is 0. The van der Waals surface area contributed by atoms with Gasteiger partial charge in [-0.2, -0.15) is 0 Å². The van der Waals surface area contributed by atoms with Crippen molar-refractivity contribution < 1.29 is 9.90 Å². The molecule has 0 unspecified atom stereocenters. The summed E-state index contributed by atoms with van der Waals surface area (Å²) in [7, 11) is 0. The van der Waals surface area contributed by atoms with E-state index in [2.05, 4.69) is 24.1 Å². The van der Waals surface area contributed by atoms with Gasteiger partial charge in [-0.25, -0.2) is 4.79 Å². The first-order valence-corrected chi connectivity index (χ1v) is 8.13. The van der Waals surface area contributed by atoms with Crippen molar-refractivity contribution in [3.8, 4) is 0 Å². The van der Waals surface area contributed by atoms with E-state index in [1.54, 1.807) is 0 Å². The summed E-state index contributed by atoms with van der Waals surface area (Å²) in [6.45, 7) is 8.56. The molecular weight excluding hydrogens is 278 g/mol. The van der Waals surface area contributed by atoms with Gasteiger partial charge in [0, 0.05) is 25.7 Å². The molecule has 22 heavy (non-hydrogen) atoms. The molecule has 0 radical (unpaired) electrons. The summed E-state index contributed by atoms with van der Waals surface area (Å²) >= 11 is 0. The highest BCUT2D eigenvalue weighted by Crippen LogP contribution is 2.15. The Kier molecular flexibility index (Phi) is 6.21. The van der Waals surface area contributed by atoms with Gasteiger partial charge in [0.25, 0.3) is 0 Å². The number of carbonyl (C=O) groups is 1. The van der Waals surface area contributed by atoms with Crippen molar-refractivity contribution in [1.82, 2.24) is 15.1 Å². The number of aliphatic hydroxyl groups is 1. The minimum Gasteiger partial charge on any atom is -0.392 e. The van der Waals surface area contributed by atoms with Crippen LogP contribution in [0, 0.1) is 0 Å². The predicted molar refractivity (Wildman–Crippen MR) is 87.5 cm³/mol. The van der Waals surface area contributed by atoms with E-state index >= 15 is 0 Å². The normalized spacial score (nSPS) is 18.0. The Balaban J connectivity index is 1.83. The molecule has 1 atom stereocenters. The maximum atomic E-state index is 12.3. The lowest BCUT2D eigenvalue weighted by Crippen LogP contribution is -2.42. The largest absolute Gasteiger partial charge is 0.392 e. The number of likely N-dealkylation sites (tertiary alicyclic amines) is 1. The monoisotopic (exact) mass is 305 g/mol. The van der Waals surface area contributed by atoms with Crippen molar-refractivity contribution in [2.24, 2.45) is 0 Å². The van der Waals surface area contributed by atoms with Gasteiger partial charge in [-0.1, -0.05) is 38.1 Å². The van der Waals surface area contributed by atoms with E-state index in [-0.39, 0.29) is 12.6 Å². The van der Waals surface area contributed by atoms with Crippen molar-refractivity contribution in [1.29, 1.82) is 0 Å². The minimum absolute atomic E-state index is 0.00376. The molecule has 0 bridgehead atoms. The van der Waals surface area contributed by atoms with Crippen LogP contribution < -0.4 is 5.32 Å². The van der Waals surface area contributed by atoms with Gasteiger partial charge >= 0.3 is 6.03 Å². The second-order valence-electron chi connectivity index (χ2n) is 5.75. The molecule has 1 aromatic carbocycles. The van der Waals surface area contributed by atoms with Crippen LogP contribution in [0.15, 0.2) is 24.3 Å². The van der Waals surface area contributed by atoms with Crippen LogP contribution in [-0.2, 0) is 13.2 Å². The second kappa shape index (κ2) is 8.15. The summed E-state index contributed by atoms with van der Waals surface area (Å²) in [4.78, 5) is 16.6. The molecule has 1 aliphatic rings. The number of aliphatic hydroxyl groups excluding tert-OH is 1. The first kappa shape index (κ1) is 16.8. The van der Waals surface area contributed by atoms with Gasteiger partial charge in [-0.05, 0) is 30.6 Å². The molecular formula is C17H27N3O2. The fraction of sp³-hybridized carbons (Fsp3) is 0.588. The van der Waals surface area contributed by atoms with Crippen molar-refractivity contribution in [3.63, 3.8) is 0 Å². The highest BCUT2D eigenvalue weighted by molar-refractivity contribution is 5.74. The molecule has 5 nitrogen and oxygen atoms in total. The number of hydrogen-bond donors (Lipinski definition) is 2. The van der Waals surface area contributed by atoms with E-state index in [1.165, 1.54) is 0 Å². The number of carbonyl (C=O) groups excluding carboxylic acids is 1. The average Bonchev–Trinajstić information content (AvgIpc) is 3.04. The van der Waals surface area contributed by atoms with Crippen LogP contribution in [0.4, 0.5) is 4.79 Å². The number of amides is 2. The molecule has 0 aliphatic carbocycles. The third-order valence-corrected chi connectivity index (χ3v) is 4.40. The molecule has 2 amide bonds. The van der Waals surface area contributed by atoms with Gasteiger partial charge < -0.3 is 15.3 Å². The molecule has 1 saturated heterocycles. The highest BCUT2D eigenvalue weighted by Gasteiger charge is 2.28. The number of nitrogens with zero attached hydrogens (tertiary/aromatic N) is 2. The Bertz CT molecular complexity index is 489. The topological polar surface area (TPSA) is 55.8 Å². The van der Waals surface area contributed by atoms with Gasteiger partial charge in [-0.3, -0.25) is 4.90 Å². The minimum atomic E-state index is 0.00376. The van der Waals surface area contributed by atoms with Crippen LogP contribution >= 0.6 is 0 Å². The molecule has 5 heteroatoms. The van der Waals surface area contributed by atoms with Crippen molar-refractivity contribution >= 4 is 6.03 Å². The van der Waals surface area contributed by atoms with E-state index in [9.17, 15) is 4.79 Å². The molecule has 1 aromatic rings. The Morgan fingerprint density at radius 1 is 1.36 bits per heavy atom. The van der Waals surface area contributed by atoms with E-state index < -0.39 is 0 Å². The predicted octanol–water partition coefficient (Wildman–Crippen LogP) is 1.80. The van der Waals surface area contributed by atoms with Crippen LogP contribution in [0.5, 0.6) is 0 Å². The Morgan fingerprint density at radius 2 is 2.09 bits per heavy atom. The number of hydrogen-bond acceptors (Lipinski definition) is 3. The average molecular weight is 305 g/mol. The molecule has 0 spiro atoms. The molecule has 1 fully saturated rings. The van der Waals surface area contributed by atoms with Gasteiger partial charge in [0.05, 0.1) is 6.61 Å². The Morgan fingerprint density at radius 3 is 2.77 bits per heavy atom. The second-order valence-corrected chi connectivity index (χ2v) is 5.75. The third-order valence-electron chi connectivity index (χ3n) is 4.40. The van der Waals surface area contributed by atoms with Gasteiger partial charge in [0.15, 0.2) is 0 Å². The number of nitrogens with one attached hydrogen (secondary N) is 1. The van der Waals surface area contributed by atoms with Crippen molar-refractivity contribution in [2.45, 2.75) is 39.5 Å². The lowest BCUT2D eigenvalue weighted by molar-refractivity contribution is 0.192. The molecule has 1 aliphatic heterocycles. The van der Waals surface area contributed by atoms with Crippen LogP contribution in [0.25, 0.3) is 0 Å². The van der Waals surface area contributed by atoms with Crippen LogP contribution in [0.2, 0.25) is 0 Å². The lowest BCUT2D eigenvalue weighted by atomic mass is 10.1. The zero-order valence-corrected chi connectivity index (χ0v) is 13.6. The molecule has 2 rings (SSSR count). The zero-order valence-electron chi connectivity index (χ0n) is 13.6. The van der Waals surface area contributed by atoms with Crippen molar-refractivity contribution in [3.05, 3.63) is 35.4 Å². The number of benzene rings is 1. The highest BCUT2D eigenvalue weighted by atomic mass is 16.3. The zero-order chi connectivity index (χ0) is 15.9. The van der Waals surface area contributed by atoms with Gasteiger partial charge in [-0.15, -0.1) is 0 Å². The first-order chi connectivity index (χ1) is 10.7. The first-order valence-electron chi connectivity index (χ1n) is 8.13. The number of rotatable bonds is 6. The lowest BCUT2D eigenvalue weighted by Gasteiger charge is -2.26. The van der Waals surface area contributed by atoms with Crippen LogP contribution in [0.3, 0.4) is 0 Å². The molecule has 1 heterocycles. The van der Waals surface area contributed by atoms with E-state index in [0.29, 0.717) is 12.6 Å². The standard InChI is InChI=1S/C17H27N3O2/c1-3-19(4-2)16-8-9-20(12-16)17(22)18-11-14-6-5-7-15(10-14)13-21/h5-7,10,16,21H,3-4,8-9,11-13H2,1-2H3,(H,18,22)/t16-/m0/s1. The van der Waals surface area contributed by atoms with E-state index in [1.807, 2.05) is 29.2 Å². The maximum Gasteiger partial charge on any atom is 0.317 e. The van der Waals surface area contributed by atoms with Crippen LogP contribution in [0.1, 0.15) is 31.4 Å². The fourth-order valence-corrected chi connectivity index (χ4v) is 3.09. The summed E-state index contributed by atoms with van der Waals surface area (Å²) in [6, 6.07) is 8.15. The molecule has 122 valence electrons. The smallest absolute Gasteiger partial charge is 0.317 e. The summed E-state index contributed by atoms with van der Waals surface area (Å²) in [5.74, 6) is 0. The Labute approximate surface area is 132 Å². The third kappa shape index (κ3) is 4.21. The maximum absolute atomic E-state index is 12.3. The van der Waals surface area contributed by atoms with E-state index in [4.69, 9.17) is 5.11 Å². The summed E-state index contributed by atoms with van der Waals surface area (Å²) in [5, 5.41) is 12.1. The quantitative estimate of drug-likeness (QED) is 0.843. The number of likely N-dealkylation sites (N-methyl/N-ethyl adjacent to an activating group) is 1. The summed E-state index contributed by atoms with van der Waals surface area (Å²) in [6.07, 6.45) is 1.05. The molecule has 2 N–H and O–H groups in total. The SMILES string of the molecule is CCN(CC)[C@H]1CCN(C(=O)NCc2cccc(CO)c2)C1. The van der Waals surface area contributed by atoms with Gasteiger partial charge in [0.1, 0.15) is 0 Å². The number of urea groups is 1. The molecule has 0 saturated carbocycles. The van der Waals surface area contributed by atoms with Gasteiger partial charge in [0.2, 0.25) is 0 Å². The molecule has 0 aromatic heterocycles.